The Morgan fingerprint density at radius 2 is 0.820 bits per heavy atom. The van der Waals surface area contributed by atoms with Crippen molar-refractivity contribution >= 4 is 31.5 Å². The number of hydrogen-bond donors (Lipinski definition) is 0. The Morgan fingerprint density at radius 1 is 0.311 bits per heavy atom. The van der Waals surface area contributed by atoms with Gasteiger partial charge in [-0.05, 0) is 126 Å². The molecule has 0 aliphatic heterocycles. The molecule has 4 unspecified atom stereocenters. The van der Waals surface area contributed by atoms with E-state index >= 15 is 0 Å². The van der Waals surface area contributed by atoms with E-state index in [9.17, 15) is 0 Å². The third kappa shape index (κ3) is 5.79. The fraction of sp³-hybridized carbons (Fsp3) is 0.100. The molecular formula is C60H44S. The Morgan fingerprint density at radius 3 is 1.46 bits per heavy atom. The number of thiophene rings is 1. The van der Waals surface area contributed by atoms with Crippen molar-refractivity contribution in [3.63, 3.8) is 0 Å². The van der Waals surface area contributed by atoms with Gasteiger partial charge in [0.1, 0.15) is 0 Å². The van der Waals surface area contributed by atoms with Crippen LogP contribution in [0.2, 0.25) is 0 Å². The molecule has 0 amide bonds. The predicted molar refractivity (Wildman–Crippen MR) is 260 cm³/mol. The summed E-state index contributed by atoms with van der Waals surface area (Å²) in [6.07, 6.45) is 0. The quantitative estimate of drug-likeness (QED) is 0.163. The van der Waals surface area contributed by atoms with Crippen molar-refractivity contribution in [3.8, 4) is 55.6 Å². The first-order chi connectivity index (χ1) is 30.1. The lowest BCUT2D eigenvalue weighted by Gasteiger charge is -2.35. The van der Waals surface area contributed by atoms with Crippen LogP contribution < -0.4 is 0 Å². The summed E-state index contributed by atoms with van der Waals surface area (Å²) < 4.78 is 2.69. The highest BCUT2D eigenvalue weighted by atomic mass is 32.1. The molecule has 0 fully saturated rings. The molecule has 1 heteroatoms. The second-order valence-corrected chi connectivity index (χ2v) is 18.2. The summed E-state index contributed by atoms with van der Waals surface area (Å²) in [6, 6.07) is 77.7. The molecule has 2 aliphatic rings. The molecule has 9 aromatic carbocycles. The van der Waals surface area contributed by atoms with Gasteiger partial charge in [-0.3, -0.25) is 0 Å². The monoisotopic (exact) mass is 796 g/mol. The normalized spacial score (nSPS) is 17.7. The molecule has 290 valence electrons. The standard InChI is InChI=1S/C60H44S/c1-37-44-31-29-41(33-53(44)48-23-11-13-26-51(48)58(37)40-19-7-4-8-20-40)42-30-32-45-38(2)59(52-27-14-12-24-49(52)54(45)34-42)43-35-55(60-56(36-43)50-25-15-16-28-57(50)61-60)47-22-10-9-21-46(47)39-17-5-3-6-18-39/h3-38,58-59H,1-2H3. The maximum Gasteiger partial charge on any atom is 0.0434 e. The van der Waals surface area contributed by atoms with E-state index in [0.29, 0.717) is 11.8 Å². The summed E-state index contributed by atoms with van der Waals surface area (Å²) in [5.41, 5.74) is 21.5. The third-order valence-corrected chi connectivity index (χ3v) is 15.1. The van der Waals surface area contributed by atoms with E-state index in [1.54, 1.807) is 0 Å². The highest BCUT2D eigenvalue weighted by molar-refractivity contribution is 7.26. The zero-order chi connectivity index (χ0) is 40.6. The molecule has 0 N–H and O–H groups in total. The molecule has 1 aromatic heterocycles. The van der Waals surface area contributed by atoms with Gasteiger partial charge in [-0.15, -0.1) is 11.3 Å². The van der Waals surface area contributed by atoms with Crippen LogP contribution in [0.15, 0.2) is 206 Å². The van der Waals surface area contributed by atoms with Gasteiger partial charge in [-0.1, -0.05) is 190 Å². The highest BCUT2D eigenvalue weighted by Gasteiger charge is 2.35. The number of fused-ring (bicyclic) bond motifs is 9. The topological polar surface area (TPSA) is 0 Å². The van der Waals surface area contributed by atoms with Gasteiger partial charge in [-0.25, -0.2) is 0 Å². The average Bonchev–Trinajstić information content (AvgIpc) is 3.70. The van der Waals surface area contributed by atoms with Crippen molar-refractivity contribution in [2.24, 2.45) is 0 Å². The maximum atomic E-state index is 2.53. The third-order valence-electron chi connectivity index (χ3n) is 13.9. The van der Waals surface area contributed by atoms with Crippen molar-refractivity contribution in [2.75, 3.05) is 0 Å². The predicted octanol–water partition coefficient (Wildman–Crippen LogP) is 16.9. The maximum absolute atomic E-state index is 2.53. The summed E-state index contributed by atoms with van der Waals surface area (Å²) in [4.78, 5) is 0. The van der Waals surface area contributed by atoms with E-state index < -0.39 is 0 Å². The molecule has 0 bridgehead atoms. The lowest BCUT2D eigenvalue weighted by Crippen LogP contribution is -2.17. The van der Waals surface area contributed by atoms with Crippen LogP contribution in [0.5, 0.6) is 0 Å². The molecule has 0 saturated carbocycles. The lowest BCUT2D eigenvalue weighted by atomic mass is 9.68. The fourth-order valence-corrected chi connectivity index (χ4v) is 12.3. The van der Waals surface area contributed by atoms with Gasteiger partial charge in [0, 0.05) is 37.6 Å². The van der Waals surface area contributed by atoms with Crippen LogP contribution in [-0.4, -0.2) is 0 Å². The van der Waals surface area contributed by atoms with Crippen molar-refractivity contribution in [2.45, 2.75) is 37.5 Å². The molecule has 0 radical (unpaired) electrons. The highest BCUT2D eigenvalue weighted by Crippen LogP contribution is 2.54. The summed E-state index contributed by atoms with van der Waals surface area (Å²) in [5, 5.41) is 2.68. The Balaban J connectivity index is 0.986. The van der Waals surface area contributed by atoms with Gasteiger partial charge in [0.15, 0.2) is 0 Å². The summed E-state index contributed by atoms with van der Waals surface area (Å²) in [5.74, 6) is 1.16. The summed E-state index contributed by atoms with van der Waals surface area (Å²) >= 11 is 1.92. The van der Waals surface area contributed by atoms with E-state index in [-0.39, 0.29) is 11.8 Å². The molecule has 2 aliphatic carbocycles. The molecule has 61 heavy (non-hydrogen) atoms. The van der Waals surface area contributed by atoms with Gasteiger partial charge in [0.05, 0.1) is 0 Å². The van der Waals surface area contributed by atoms with Crippen LogP contribution in [0.4, 0.5) is 0 Å². The molecule has 10 aromatic rings. The van der Waals surface area contributed by atoms with E-state index in [0.717, 1.165) is 0 Å². The van der Waals surface area contributed by atoms with E-state index in [2.05, 4.69) is 220 Å². The first kappa shape index (κ1) is 36.1. The van der Waals surface area contributed by atoms with Crippen LogP contribution >= 0.6 is 11.3 Å². The van der Waals surface area contributed by atoms with Crippen LogP contribution in [0.25, 0.3) is 75.8 Å². The van der Waals surface area contributed by atoms with E-state index in [1.165, 1.54) is 109 Å². The average molecular weight is 797 g/mol. The molecular weight excluding hydrogens is 753 g/mol. The molecule has 0 nitrogen and oxygen atoms in total. The van der Waals surface area contributed by atoms with Crippen molar-refractivity contribution in [1.82, 2.24) is 0 Å². The zero-order valence-corrected chi connectivity index (χ0v) is 35.2. The molecule has 4 atom stereocenters. The molecule has 0 saturated heterocycles. The first-order valence-corrected chi connectivity index (χ1v) is 22.5. The largest absolute Gasteiger partial charge is 0.135 e. The fourth-order valence-electron chi connectivity index (χ4n) is 11.1. The number of benzene rings is 9. The van der Waals surface area contributed by atoms with E-state index in [1.807, 2.05) is 11.3 Å². The number of rotatable bonds is 5. The second-order valence-electron chi connectivity index (χ2n) is 17.2. The SMILES string of the molecule is CC1c2ccc(-c3ccc4c(c3)-c3ccccc3C(c3cc(-c5ccccc5-c5ccccc5)c5sc6ccccc6c5c3)C4C)cc2-c2ccccc2C1c1ccccc1. The minimum atomic E-state index is 0.194. The second kappa shape index (κ2) is 14.4. The Hall–Kier alpha value is -6.80. The van der Waals surface area contributed by atoms with Crippen LogP contribution in [0, 0.1) is 0 Å². The van der Waals surface area contributed by atoms with Gasteiger partial charge in [0.2, 0.25) is 0 Å². The van der Waals surface area contributed by atoms with Crippen molar-refractivity contribution < 1.29 is 0 Å². The van der Waals surface area contributed by atoms with Gasteiger partial charge >= 0.3 is 0 Å². The van der Waals surface area contributed by atoms with Crippen LogP contribution in [0.1, 0.15) is 70.9 Å². The van der Waals surface area contributed by atoms with E-state index in [4.69, 9.17) is 0 Å². The van der Waals surface area contributed by atoms with Crippen molar-refractivity contribution in [3.05, 3.63) is 240 Å². The number of hydrogen-bond acceptors (Lipinski definition) is 1. The minimum absolute atomic E-state index is 0.194. The van der Waals surface area contributed by atoms with Gasteiger partial charge in [0.25, 0.3) is 0 Å². The summed E-state index contributed by atoms with van der Waals surface area (Å²) in [7, 11) is 0. The van der Waals surface area contributed by atoms with Crippen LogP contribution in [-0.2, 0) is 0 Å². The lowest BCUT2D eigenvalue weighted by molar-refractivity contribution is 0.649. The van der Waals surface area contributed by atoms with Crippen LogP contribution in [0.3, 0.4) is 0 Å². The Kier molecular flexibility index (Phi) is 8.54. The minimum Gasteiger partial charge on any atom is -0.135 e. The van der Waals surface area contributed by atoms with Gasteiger partial charge < -0.3 is 0 Å². The molecule has 12 rings (SSSR count). The van der Waals surface area contributed by atoms with Gasteiger partial charge in [-0.2, -0.15) is 0 Å². The first-order valence-electron chi connectivity index (χ1n) is 21.7. The smallest absolute Gasteiger partial charge is 0.0434 e. The Labute approximate surface area is 362 Å². The molecule has 0 spiro atoms. The zero-order valence-electron chi connectivity index (χ0n) is 34.3. The Bertz CT molecular complexity index is 3300. The van der Waals surface area contributed by atoms with Crippen molar-refractivity contribution in [1.29, 1.82) is 0 Å². The summed E-state index contributed by atoms with van der Waals surface area (Å²) in [6.45, 7) is 4.86. The molecule has 1 heterocycles.